The molecular weight excluding hydrogens is 568 g/mol. The molecule has 5 N–H and O–H groups in total. The van der Waals surface area contributed by atoms with Crippen molar-refractivity contribution in [3.63, 3.8) is 0 Å². The van der Waals surface area contributed by atoms with Crippen molar-refractivity contribution in [3.05, 3.63) is 34.5 Å². The van der Waals surface area contributed by atoms with Crippen LogP contribution in [-0.2, 0) is 28.7 Å². The highest BCUT2D eigenvalue weighted by atomic mass is 17.1. The summed E-state index contributed by atoms with van der Waals surface area (Å²) in [5.41, 5.74) is -1.32. The average Bonchev–Trinajstić information content (AvgIpc) is 2.92. The van der Waals surface area contributed by atoms with Crippen molar-refractivity contribution in [1.29, 1.82) is 0 Å². The van der Waals surface area contributed by atoms with E-state index < -0.39 is 82.4 Å². The molecule has 0 spiro atoms. The molecule has 226 valence electrons. The number of carbonyl (C=O) groups is 2. The van der Waals surface area contributed by atoms with Crippen molar-refractivity contribution >= 4 is 22.9 Å². The second-order valence-corrected chi connectivity index (χ2v) is 8.89. The minimum absolute atomic E-state index is 0.00436. The Kier molecular flexibility index (Phi) is 8.62. The van der Waals surface area contributed by atoms with Crippen molar-refractivity contribution in [3.8, 4) is 45.8 Å². The van der Waals surface area contributed by atoms with Crippen LogP contribution in [0.4, 0.5) is 0 Å². The fourth-order valence-electron chi connectivity index (χ4n) is 4.32. The molecule has 0 radical (unpaired) electrons. The fraction of sp³-hybridized carbons (Fsp3) is 0.346. The number of benzene rings is 2. The molecule has 0 saturated carbocycles. The molecule has 5 atom stereocenters. The lowest BCUT2D eigenvalue weighted by Gasteiger charge is -2.41. The van der Waals surface area contributed by atoms with Crippen molar-refractivity contribution in [1.82, 2.24) is 0 Å². The molecule has 4 rings (SSSR count). The number of esters is 2. The Bertz CT molecular complexity index is 1540. The van der Waals surface area contributed by atoms with Crippen LogP contribution in [0.25, 0.3) is 22.3 Å². The van der Waals surface area contributed by atoms with Crippen LogP contribution in [0, 0.1) is 0 Å². The third-order valence-corrected chi connectivity index (χ3v) is 6.08. The summed E-state index contributed by atoms with van der Waals surface area (Å²) in [6, 6.07) is 4.40. The van der Waals surface area contributed by atoms with Gasteiger partial charge in [-0.05, 0) is 12.1 Å². The minimum atomic E-state index is -1.93. The first-order valence-corrected chi connectivity index (χ1v) is 12.0. The van der Waals surface area contributed by atoms with Gasteiger partial charge in [0.05, 0.1) is 14.2 Å². The molecule has 1 aliphatic heterocycles. The molecule has 2 heterocycles. The number of hydrogen-bond acceptors (Lipinski definition) is 16. The Balaban J connectivity index is 1.98. The van der Waals surface area contributed by atoms with Gasteiger partial charge in [0.15, 0.2) is 23.4 Å². The number of aromatic hydroxyl groups is 3. The van der Waals surface area contributed by atoms with E-state index in [4.69, 9.17) is 32.8 Å². The quantitative estimate of drug-likeness (QED) is 0.141. The number of phenolic OH excluding ortho intramolecular Hbond substituents is 3. The average molecular weight is 594 g/mol. The van der Waals surface area contributed by atoms with Gasteiger partial charge in [-0.3, -0.25) is 14.4 Å². The van der Waals surface area contributed by atoms with E-state index in [2.05, 4.69) is 4.89 Å². The summed E-state index contributed by atoms with van der Waals surface area (Å²) in [6.45, 7) is 2.00. The zero-order valence-corrected chi connectivity index (χ0v) is 22.4. The molecule has 1 aromatic heterocycles. The van der Waals surface area contributed by atoms with E-state index in [1.165, 1.54) is 26.4 Å². The highest BCUT2D eigenvalue weighted by Crippen LogP contribution is 2.44. The van der Waals surface area contributed by atoms with Gasteiger partial charge in [-0.1, -0.05) is 0 Å². The van der Waals surface area contributed by atoms with Crippen LogP contribution in [0.5, 0.6) is 34.5 Å². The van der Waals surface area contributed by atoms with Gasteiger partial charge >= 0.3 is 11.9 Å². The molecule has 0 bridgehead atoms. The van der Waals surface area contributed by atoms with Crippen LogP contribution < -0.4 is 19.6 Å². The van der Waals surface area contributed by atoms with Gasteiger partial charge in [-0.2, -0.15) is 0 Å². The van der Waals surface area contributed by atoms with Crippen LogP contribution in [0.2, 0.25) is 0 Å². The Morgan fingerprint density at radius 1 is 0.881 bits per heavy atom. The monoisotopic (exact) mass is 594 g/mol. The largest absolute Gasteiger partial charge is 0.508 e. The van der Waals surface area contributed by atoms with E-state index in [-0.39, 0.29) is 22.6 Å². The van der Waals surface area contributed by atoms with E-state index in [1.807, 2.05) is 0 Å². The first-order chi connectivity index (χ1) is 19.9. The summed E-state index contributed by atoms with van der Waals surface area (Å²) in [5.74, 6) is -4.71. The zero-order valence-electron chi connectivity index (χ0n) is 22.4. The Morgan fingerprint density at radius 2 is 1.48 bits per heavy atom. The third-order valence-electron chi connectivity index (χ3n) is 6.08. The summed E-state index contributed by atoms with van der Waals surface area (Å²) in [4.78, 5) is 41.7. The second kappa shape index (κ2) is 12.0. The van der Waals surface area contributed by atoms with Gasteiger partial charge in [0.2, 0.25) is 35.6 Å². The molecule has 16 heteroatoms. The molecule has 2 aromatic carbocycles. The highest BCUT2D eigenvalue weighted by Gasteiger charge is 2.52. The standard InChI is InChI=1S/C26H26O16/c1-9(27)37-23-20(33)25(42-34)41-26(24(23)38-10(2)28)40-22-19(32)17-13(30)7-12(29)8-14(17)39-21(22)11-5-15(35-3)18(31)16(6-11)36-4/h5-8,20,23-26,29-31,33-34H,1-4H3. The predicted octanol–water partition coefficient (Wildman–Crippen LogP) is 1.37. The van der Waals surface area contributed by atoms with Gasteiger partial charge in [0, 0.05) is 31.5 Å². The lowest BCUT2D eigenvalue weighted by Crippen LogP contribution is -2.62. The van der Waals surface area contributed by atoms with E-state index in [1.54, 1.807) is 0 Å². The normalized spacial score (nSPS) is 21.9. The van der Waals surface area contributed by atoms with Gasteiger partial charge in [0.25, 0.3) is 0 Å². The number of aliphatic hydroxyl groups is 1. The molecule has 16 nitrogen and oxygen atoms in total. The van der Waals surface area contributed by atoms with Gasteiger partial charge in [-0.25, -0.2) is 10.1 Å². The third kappa shape index (κ3) is 5.68. The molecule has 1 saturated heterocycles. The summed E-state index contributed by atoms with van der Waals surface area (Å²) < 4.78 is 37.7. The summed E-state index contributed by atoms with van der Waals surface area (Å²) in [6.07, 6.45) is -9.21. The number of carbonyl (C=O) groups excluding carboxylic acids is 2. The van der Waals surface area contributed by atoms with Gasteiger partial charge in [-0.15, -0.1) is 0 Å². The second-order valence-electron chi connectivity index (χ2n) is 8.89. The van der Waals surface area contributed by atoms with E-state index >= 15 is 0 Å². The molecule has 0 amide bonds. The molecule has 5 unspecified atom stereocenters. The lowest BCUT2D eigenvalue weighted by molar-refractivity contribution is -0.419. The maximum atomic E-state index is 13.8. The van der Waals surface area contributed by atoms with E-state index in [0.29, 0.717) is 0 Å². The maximum Gasteiger partial charge on any atom is 0.303 e. The number of phenols is 3. The zero-order chi connectivity index (χ0) is 30.9. The molecule has 3 aromatic rings. The fourth-order valence-corrected chi connectivity index (χ4v) is 4.32. The van der Waals surface area contributed by atoms with Crippen molar-refractivity contribution in [2.45, 2.75) is 44.7 Å². The SMILES string of the molecule is COc1cc(-c2oc3cc(O)cc(O)c3c(=O)c2OC2OC(OO)C(O)C(OC(C)=O)C2OC(C)=O)cc(OC)c1O. The first-order valence-electron chi connectivity index (χ1n) is 12.0. The van der Waals surface area contributed by atoms with Crippen LogP contribution in [0.3, 0.4) is 0 Å². The number of hydrogen-bond donors (Lipinski definition) is 5. The smallest absolute Gasteiger partial charge is 0.303 e. The van der Waals surface area contributed by atoms with E-state index in [0.717, 1.165) is 26.0 Å². The predicted molar refractivity (Wildman–Crippen MR) is 136 cm³/mol. The highest BCUT2D eigenvalue weighted by molar-refractivity contribution is 5.88. The summed E-state index contributed by atoms with van der Waals surface area (Å²) in [5, 5.41) is 50.3. The summed E-state index contributed by atoms with van der Waals surface area (Å²) in [7, 11) is 2.49. The summed E-state index contributed by atoms with van der Waals surface area (Å²) >= 11 is 0. The molecule has 1 aliphatic rings. The molecule has 42 heavy (non-hydrogen) atoms. The van der Waals surface area contributed by atoms with Crippen LogP contribution in [0.1, 0.15) is 13.8 Å². The Morgan fingerprint density at radius 3 is 2.02 bits per heavy atom. The number of methoxy groups -OCH3 is 2. The number of ether oxygens (including phenoxy) is 6. The van der Waals surface area contributed by atoms with Crippen LogP contribution >= 0.6 is 0 Å². The van der Waals surface area contributed by atoms with Gasteiger partial charge < -0.3 is 53.3 Å². The van der Waals surface area contributed by atoms with Crippen LogP contribution in [0.15, 0.2) is 33.5 Å². The van der Waals surface area contributed by atoms with E-state index in [9.17, 15) is 40.1 Å². The van der Waals surface area contributed by atoms with Gasteiger partial charge in [0.1, 0.15) is 28.6 Å². The number of rotatable bonds is 8. The molecular formula is C26H26O16. The molecule has 1 fully saturated rings. The van der Waals surface area contributed by atoms with Crippen molar-refractivity contribution in [2.75, 3.05) is 14.2 Å². The lowest BCUT2D eigenvalue weighted by atomic mass is 10.0. The number of fused-ring (bicyclic) bond motifs is 1. The van der Waals surface area contributed by atoms with Crippen molar-refractivity contribution in [2.24, 2.45) is 0 Å². The van der Waals surface area contributed by atoms with Crippen molar-refractivity contribution < 1.29 is 73.0 Å². The van der Waals surface area contributed by atoms with Crippen LogP contribution in [-0.4, -0.2) is 82.7 Å². The first kappa shape index (κ1) is 30.2. The topological polar surface area (TPSA) is 230 Å². The number of aliphatic hydroxyl groups excluding tert-OH is 1. The Labute approximate surface area is 235 Å². The maximum absolute atomic E-state index is 13.8. The Hall–Kier alpha value is -4.77. The molecule has 0 aliphatic carbocycles. The minimum Gasteiger partial charge on any atom is -0.508 e.